The third-order valence-electron chi connectivity index (χ3n) is 2.76. The summed E-state index contributed by atoms with van der Waals surface area (Å²) in [6.45, 7) is 5.20. The van der Waals surface area contributed by atoms with Crippen molar-refractivity contribution >= 4 is 23.0 Å². The van der Waals surface area contributed by atoms with Crippen LogP contribution in [0.2, 0.25) is 0 Å². The molecule has 0 bridgehead atoms. The lowest BCUT2D eigenvalue weighted by Crippen LogP contribution is -2.44. The van der Waals surface area contributed by atoms with Crippen LogP contribution in [0.1, 0.15) is 20.1 Å². The first-order valence-corrected chi connectivity index (χ1v) is 6.35. The van der Waals surface area contributed by atoms with E-state index in [1.165, 1.54) is 0 Å². The molecular weight excluding hydrogens is 238 g/mol. The van der Waals surface area contributed by atoms with Crippen molar-refractivity contribution in [1.82, 2.24) is 4.90 Å². The standard InChI is InChI=1S/C12H15NO3S/c1-8-5-10(9(2)17-8)11(14)6-13-3-4-16-7-12(13)15/h5H,3-4,6-7H2,1-2H3. The normalized spacial score (nSPS) is 16.4. The van der Waals surface area contributed by atoms with Gasteiger partial charge in [0.2, 0.25) is 5.91 Å². The molecule has 0 spiro atoms. The van der Waals surface area contributed by atoms with Crippen LogP contribution in [0.25, 0.3) is 0 Å². The molecule has 1 aliphatic rings. The predicted molar refractivity (Wildman–Crippen MR) is 65.5 cm³/mol. The molecule has 0 aliphatic carbocycles. The van der Waals surface area contributed by atoms with E-state index in [1.54, 1.807) is 16.2 Å². The zero-order chi connectivity index (χ0) is 12.4. The zero-order valence-electron chi connectivity index (χ0n) is 9.99. The van der Waals surface area contributed by atoms with Gasteiger partial charge in [0, 0.05) is 21.9 Å². The maximum absolute atomic E-state index is 12.1. The van der Waals surface area contributed by atoms with Gasteiger partial charge >= 0.3 is 0 Å². The van der Waals surface area contributed by atoms with E-state index in [-0.39, 0.29) is 24.8 Å². The molecule has 5 heteroatoms. The molecule has 17 heavy (non-hydrogen) atoms. The number of Topliss-reactive ketones (excluding diaryl/α,β-unsaturated/α-hetero) is 1. The van der Waals surface area contributed by atoms with Gasteiger partial charge in [-0.1, -0.05) is 0 Å². The van der Waals surface area contributed by atoms with E-state index < -0.39 is 0 Å². The van der Waals surface area contributed by atoms with Crippen LogP contribution in [0.15, 0.2) is 6.07 Å². The number of hydrogen-bond acceptors (Lipinski definition) is 4. The topological polar surface area (TPSA) is 46.6 Å². The lowest BCUT2D eigenvalue weighted by molar-refractivity contribution is -0.141. The Morgan fingerprint density at radius 3 is 2.88 bits per heavy atom. The minimum Gasteiger partial charge on any atom is -0.370 e. The average molecular weight is 253 g/mol. The number of ketones is 1. The highest BCUT2D eigenvalue weighted by molar-refractivity contribution is 7.12. The average Bonchev–Trinajstić information content (AvgIpc) is 2.61. The minimum absolute atomic E-state index is 0.0158. The number of thiophene rings is 1. The number of aryl methyl sites for hydroxylation is 2. The number of nitrogens with zero attached hydrogens (tertiary/aromatic N) is 1. The number of hydrogen-bond donors (Lipinski definition) is 0. The Morgan fingerprint density at radius 1 is 1.53 bits per heavy atom. The van der Waals surface area contributed by atoms with Gasteiger partial charge in [0.1, 0.15) is 6.61 Å². The number of carbonyl (C=O) groups is 2. The maximum atomic E-state index is 12.1. The fourth-order valence-electron chi connectivity index (χ4n) is 1.88. The third-order valence-corrected chi connectivity index (χ3v) is 3.73. The summed E-state index contributed by atoms with van der Waals surface area (Å²) in [7, 11) is 0. The molecule has 4 nitrogen and oxygen atoms in total. The predicted octanol–water partition coefficient (Wildman–Crippen LogP) is 1.41. The minimum atomic E-state index is -0.103. The molecule has 1 amide bonds. The molecule has 0 aromatic carbocycles. The molecule has 0 radical (unpaired) electrons. The second-order valence-electron chi connectivity index (χ2n) is 4.12. The molecule has 1 saturated heterocycles. The Labute approximate surface area is 104 Å². The number of morpholine rings is 1. The molecule has 1 aromatic rings. The van der Waals surface area contributed by atoms with Crippen LogP contribution in [-0.4, -0.2) is 42.9 Å². The summed E-state index contributed by atoms with van der Waals surface area (Å²) in [5, 5.41) is 0. The molecule has 0 N–H and O–H groups in total. The van der Waals surface area contributed by atoms with Crippen LogP contribution in [0.3, 0.4) is 0 Å². The Balaban J connectivity index is 2.06. The van der Waals surface area contributed by atoms with E-state index in [0.29, 0.717) is 13.2 Å². The fraction of sp³-hybridized carbons (Fsp3) is 0.500. The van der Waals surface area contributed by atoms with Gasteiger partial charge in [-0.05, 0) is 19.9 Å². The van der Waals surface area contributed by atoms with Gasteiger partial charge in [-0.2, -0.15) is 0 Å². The Morgan fingerprint density at radius 2 is 2.29 bits per heavy atom. The quantitative estimate of drug-likeness (QED) is 0.765. The Bertz CT molecular complexity index is 453. The highest BCUT2D eigenvalue weighted by Gasteiger charge is 2.22. The fourth-order valence-corrected chi connectivity index (χ4v) is 2.83. The van der Waals surface area contributed by atoms with Crippen LogP contribution in [-0.2, 0) is 9.53 Å². The second kappa shape index (κ2) is 4.98. The second-order valence-corrected chi connectivity index (χ2v) is 5.58. The lowest BCUT2D eigenvalue weighted by atomic mass is 10.1. The van der Waals surface area contributed by atoms with Gasteiger partial charge in [0.05, 0.1) is 13.2 Å². The summed E-state index contributed by atoms with van der Waals surface area (Å²) in [5.74, 6) is -0.0868. The summed E-state index contributed by atoms with van der Waals surface area (Å²) < 4.78 is 5.03. The van der Waals surface area contributed by atoms with Crippen LogP contribution < -0.4 is 0 Å². The van der Waals surface area contributed by atoms with E-state index in [1.807, 2.05) is 19.9 Å². The van der Waals surface area contributed by atoms with Crippen molar-refractivity contribution in [1.29, 1.82) is 0 Å². The first-order valence-electron chi connectivity index (χ1n) is 5.53. The number of ether oxygens (including phenoxy) is 1. The van der Waals surface area contributed by atoms with Crippen molar-refractivity contribution in [2.75, 3.05) is 26.3 Å². The first-order chi connectivity index (χ1) is 8.08. The van der Waals surface area contributed by atoms with Crippen molar-refractivity contribution in [3.63, 3.8) is 0 Å². The van der Waals surface area contributed by atoms with E-state index in [0.717, 1.165) is 15.3 Å². The molecule has 2 heterocycles. The van der Waals surface area contributed by atoms with E-state index >= 15 is 0 Å². The number of rotatable bonds is 3. The molecule has 92 valence electrons. The van der Waals surface area contributed by atoms with Gasteiger partial charge in [0.25, 0.3) is 0 Å². The van der Waals surface area contributed by atoms with E-state index in [9.17, 15) is 9.59 Å². The molecule has 0 unspecified atom stereocenters. The Kier molecular flexibility index (Phi) is 3.59. The molecule has 0 atom stereocenters. The lowest BCUT2D eigenvalue weighted by Gasteiger charge is -2.25. The van der Waals surface area contributed by atoms with Crippen LogP contribution in [0.5, 0.6) is 0 Å². The summed E-state index contributed by atoms with van der Waals surface area (Å²) >= 11 is 1.61. The van der Waals surface area contributed by atoms with Crippen LogP contribution in [0.4, 0.5) is 0 Å². The van der Waals surface area contributed by atoms with Crippen molar-refractivity contribution in [3.05, 3.63) is 21.4 Å². The van der Waals surface area contributed by atoms with Gasteiger partial charge in [0.15, 0.2) is 5.78 Å². The Hall–Kier alpha value is -1.20. The zero-order valence-corrected chi connectivity index (χ0v) is 10.8. The smallest absolute Gasteiger partial charge is 0.249 e. The van der Waals surface area contributed by atoms with Gasteiger partial charge in [-0.3, -0.25) is 9.59 Å². The first kappa shape index (κ1) is 12.3. The third kappa shape index (κ3) is 2.73. The molecule has 2 rings (SSSR count). The van der Waals surface area contributed by atoms with Crippen molar-refractivity contribution < 1.29 is 14.3 Å². The van der Waals surface area contributed by atoms with Gasteiger partial charge in [-0.15, -0.1) is 11.3 Å². The van der Waals surface area contributed by atoms with E-state index in [2.05, 4.69) is 0 Å². The SMILES string of the molecule is Cc1cc(C(=O)CN2CCOCC2=O)c(C)s1. The van der Waals surface area contributed by atoms with Gasteiger partial charge < -0.3 is 9.64 Å². The molecule has 1 aliphatic heterocycles. The number of amides is 1. The highest BCUT2D eigenvalue weighted by Crippen LogP contribution is 2.21. The summed E-state index contributed by atoms with van der Waals surface area (Å²) in [4.78, 5) is 27.3. The highest BCUT2D eigenvalue weighted by atomic mass is 32.1. The van der Waals surface area contributed by atoms with Crippen molar-refractivity contribution in [3.8, 4) is 0 Å². The molecule has 0 saturated carbocycles. The van der Waals surface area contributed by atoms with Crippen molar-refractivity contribution in [2.45, 2.75) is 13.8 Å². The van der Waals surface area contributed by atoms with Crippen LogP contribution >= 0.6 is 11.3 Å². The maximum Gasteiger partial charge on any atom is 0.249 e. The van der Waals surface area contributed by atoms with E-state index in [4.69, 9.17) is 4.74 Å². The summed E-state index contributed by atoms with van der Waals surface area (Å²) in [5.41, 5.74) is 0.742. The number of carbonyl (C=O) groups excluding carboxylic acids is 2. The monoisotopic (exact) mass is 253 g/mol. The van der Waals surface area contributed by atoms with Crippen molar-refractivity contribution in [2.24, 2.45) is 0 Å². The molecular formula is C12H15NO3S. The molecule has 1 fully saturated rings. The largest absolute Gasteiger partial charge is 0.370 e. The summed E-state index contributed by atoms with van der Waals surface area (Å²) in [6, 6.07) is 1.90. The van der Waals surface area contributed by atoms with Gasteiger partial charge in [-0.25, -0.2) is 0 Å². The molecule has 1 aromatic heterocycles. The summed E-state index contributed by atoms with van der Waals surface area (Å²) in [6.07, 6.45) is 0. The van der Waals surface area contributed by atoms with Crippen LogP contribution in [0, 0.1) is 13.8 Å².